The number of halogens is 2. The van der Waals surface area contributed by atoms with Gasteiger partial charge in [-0.3, -0.25) is 4.79 Å². The number of hydrogen-bond donors (Lipinski definition) is 0. The van der Waals surface area contributed by atoms with Gasteiger partial charge in [0.1, 0.15) is 24.7 Å². The van der Waals surface area contributed by atoms with Gasteiger partial charge in [-0.1, -0.05) is 28.1 Å². The van der Waals surface area contributed by atoms with Gasteiger partial charge >= 0.3 is 0 Å². The summed E-state index contributed by atoms with van der Waals surface area (Å²) in [7, 11) is 0. The van der Waals surface area contributed by atoms with Crippen LogP contribution in [0, 0.1) is 0 Å². The van der Waals surface area contributed by atoms with E-state index in [-0.39, 0.29) is 0 Å². The van der Waals surface area contributed by atoms with Gasteiger partial charge in [-0.15, -0.1) is 0 Å². The van der Waals surface area contributed by atoms with Crippen LogP contribution in [0.3, 0.4) is 0 Å². The van der Waals surface area contributed by atoms with E-state index < -0.39 is 0 Å². The Morgan fingerprint density at radius 2 is 1.75 bits per heavy atom. The summed E-state index contributed by atoms with van der Waals surface area (Å²) >= 11 is 6.74. The van der Waals surface area contributed by atoms with Crippen LogP contribution in [0.5, 0.6) is 11.5 Å². The zero-order valence-corrected chi connectivity index (χ0v) is 13.7. The van der Waals surface area contributed by atoms with Crippen LogP contribution < -0.4 is 9.47 Å². The van der Waals surface area contributed by atoms with E-state index in [1.807, 2.05) is 30.3 Å². The lowest BCUT2D eigenvalue weighted by Gasteiger charge is -2.11. The molecule has 2 aromatic rings. The summed E-state index contributed by atoms with van der Waals surface area (Å²) < 4.78 is 12.9. The summed E-state index contributed by atoms with van der Waals surface area (Å²) in [6, 6.07) is 12.9. The van der Waals surface area contributed by atoms with Crippen LogP contribution in [-0.4, -0.2) is 19.5 Å². The Bertz CT molecular complexity index is 599. The maximum Gasteiger partial charge on any atom is 0.153 e. The molecule has 0 aliphatic rings. The largest absolute Gasteiger partial charge is 0.490 e. The van der Waals surface area contributed by atoms with Crippen molar-refractivity contribution in [3.63, 3.8) is 0 Å². The normalized spacial score (nSPS) is 10.1. The van der Waals surface area contributed by atoms with Gasteiger partial charge in [0.25, 0.3) is 0 Å². The molecule has 20 heavy (non-hydrogen) atoms. The van der Waals surface area contributed by atoms with E-state index in [0.29, 0.717) is 24.5 Å². The van der Waals surface area contributed by atoms with E-state index >= 15 is 0 Å². The quantitative estimate of drug-likeness (QED) is 0.530. The van der Waals surface area contributed by atoms with Crippen LogP contribution in [0.4, 0.5) is 0 Å². The van der Waals surface area contributed by atoms with Gasteiger partial charge in [0.15, 0.2) is 6.29 Å². The average Bonchev–Trinajstić information content (AvgIpc) is 2.45. The predicted octanol–water partition coefficient (Wildman–Crippen LogP) is 4.48. The average molecular weight is 400 g/mol. The first-order valence-corrected chi connectivity index (χ1v) is 7.54. The summed E-state index contributed by atoms with van der Waals surface area (Å²) in [5.41, 5.74) is 0.516. The summed E-state index contributed by atoms with van der Waals surface area (Å²) in [6.07, 6.45) is 0.773. The highest BCUT2D eigenvalue weighted by Crippen LogP contribution is 2.27. The van der Waals surface area contributed by atoms with Crippen molar-refractivity contribution in [2.45, 2.75) is 0 Å². The highest BCUT2D eigenvalue weighted by Gasteiger charge is 2.07. The van der Waals surface area contributed by atoms with Gasteiger partial charge in [0.2, 0.25) is 0 Å². The molecule has 0 unspecified atom stereocenters. The monoisotopic (exact) mass is 398 g/mol. The number of carbonyl (C=O) groups excluding carboxylic acids is 1. The molecule has 0 fully saturated rings. The zero-order valence-electron chi connectivity index (χ0n) is 10.5. The van der Waals surface area contributed by atoms with Crippen molar-refractivity contribution >= 4 is 38.1 Å². The Kier molecular flexibility index (Phi) is 5.61. The number of para-hydroxylation sites is 1. The third kappa shape index (κ3) is 4.08. The molecule has 0 atom stereocenters. The van der Waals surface area contributed by atoms with Crippen LogP contribution in [0.25, 0.3) is 0 Å². The molecule has 0 aliphatic carbocycles. The van der Waals surface area contributed by atoms with Crippen LogP contribution >= 0.6 is 31.9 Å². The second-order valence-corrected chi connectivity index (χ2v) is 5.70. The highest BCUT2D eigenvalue weighted by atomic mass is 79.9. The molecule has 5 heteroatoms. The standard InChI is InChI=1S/C15H12Br2O3/c16-12-4-2-5-13(9-12)19-7-8-20-15-11(10-18)3-1-6-14(15)17/h1-6,9-10H,7-8H2. The molecule has 104 valence electrons. The Labute approximate surface area is 134 Å². The lowest BCUT2D eigenvalue weighted by molar-refractivity contribution is 0.111. The molecular weight excluding hydrogens is 388 g/mol. The fourth-order valence-corrected chi connectivity index (χ4v) is 2.50. The van der Waals surface area contributed by atoms with Crippen molar-refractivity contribution in [2.24, 2.45) is 0 Å². The van der Waals surface area contributed by atoms with Gasteiger partial charge in [-0.25, -0.2) is 0 Å². The van der Waals surface area contributed by atoms with Gasteiger partial charge in [0.05, 0.1) is 10.0 Å². The fraction of sp³-hybridized carbons (Fsp3) is 0.133. The molecule has 2 aromatic carbocycles. The van der Waals surface area contributed by atoms with E-state index in [9.17, 15) is 4.79 Å². The van der Waals surface area contributed by atoms with Crippen molar-refractivity contribution in [1.82, 2.24) is 0 Å². The zero-order chi connectivity index (χ0) is 14.4. The number of ether oxygens (including phenoxy) is 2. The number of hydrogen-bond acceptors (Lipinski definition) is 3. The third-order valence-corrected chi connectivity index (χ3v) is 3.64. The van der Waals surface area contributed by atoms with Crippen molar-refractivity contribution in [3.05, 3.63) is 57.0 Å². The van der Waals surface area contributed by atoms with E-state index in [1.54, 1.807) is 12.1 Å². The number of rotatable bonds is 6. The smallest absolute Gasteiger partial charge is 0.153 e. The molecule has 0 N–H and O–H groups in total. The van der Waals surface area contributed by atoms with E-state index in [0.717, 1.165) is 21.0 Å². The minimum Gasteiger partial charge on any atom is -0.490 e. The van der Waals surface area contributed by atoms with E-state index in [2.05, 4.69) is 31.9 Å². The third-order valence-electron chi connectivity index (χ3n) is 2.52. The van der Waals surface area contributed by atoms with E-state index in [4.69, 9.17) is 9.47 Å². The van der Waals surface area contributed by atoms with Crippen LogP contribution in [-0.2, 0) is 0 Å². The van der Waals surface area contributed by atoms with Crippen molar-refractivity contribution in [2.75, 3.05) is 13.2 Å². The van der Waals surface area contributed by atoms with E-state index in [1.165, 1.54) is 0 Å². The lowest BCUT2D eigenvalue weighted by atomic mass is 10.2. The molecule has 0 radical (unpaired) electrons. The van der Waals surface area contributed by atoms with Gasteiger partial charge < -0.3 is 9.47 Å². The minimum absolute atomic E-state index is 0.357. The number of carbonyl (C=O) groups is 1. The summed E-state index contributed by atoms with van der Waals surface area (Å²) in [6.45, 7) is 0.756. The Morgan fingerprint density at radius 1 is 1.00 bits per heavy atom. The fourth-order valence-electron chi connectivity index (χ4n) is 1.63. The SMILES string of the molecule is O=Cc1cccc(Br)c1OCCOc1cccc(Br)c1. The van der Waals surface area contributed by atoms with Crippen LogP contribution in [0.1, 0.15) is 10.4 Å². The predicted molar refractivity (Wildman–Crippen MR) is 84.7 cm³/mol. The molecule has 0 amide bonds. The lowest BCUT2D eigenvalue weighted by Crippen LogP contribution is -2.10. The number of aldehydes is 1. The maximum atomic E-state index is 10.9. The van der Waals surface area contributed by atoms with Gasteiger partial charge in [-0.05, 0) is 46.3 Å². The second-order valence-electron chi connectivity index (χ2n) is 3.93. The number of benzene rings is 2. The van der Waals surface area contributed by atoms with Crippen LogP contribution in [0.15, 0.2) is 51.4 Å². The Morgan fingerprint density at radius 3 is 2.50 bits per heavy atom. The van der Waals surface area contributed by atoms with Crippen molar-refractivity contribution in [3.8, 4) is 11.5 Å². The maximum absolute atomic E-state index is 10.9. The van der Waals surface area contributed by atoms with Crippen molar-refractivity contribution < 1.29 is 14.3 Å². The first-order valence-electron chi connectivity index (χ1n) is 5.95. The molecule has 0 heterocycles. The molecule has 0 aliphatic heterocycles. The summed E-state index contributed by atoms with van der Waals surface area (Å²) in [4.78, 5) is 10.9. The summed E-state index contributed by atoms with van der Waals surface area (Å²) in [5, 5.41) is 0. The summed E-state index contributed by atoms with van der Waals surface area (Å²) in [5.74, 6) is 1.31. The molecule has 0 saturated heterocycles. The molecule has 0 bridgehead atoms. The molecule has 0 spiro atoms. The molecule has 2 rings (SSSR count). The van der Waals surface area contributed by atoms with Crippen molar-refractivity contribution in [1.29, 1.82) is 0 Å². The second kappa shape index (κ2) is 7.45. The molecule has 3 nitrogen and oxygen atoms in total. The minimum atomic E-state index is 0.357. The molecular formula is C15H12Br2O3. The molecule has 0 aromatic heterocycles. The van der Waals surface area contributed by atoms with Gasteiger partial charge in [-0.2, -0.15) is 0 Å². The first-order chi connectivity index (χ1) is 9.70. The van der Waals surface area contributed by atoms with Gasteiger partial charge in [0, 0.05) is 4.47 Å². The van der Waals surface area contributed by atoms with Crippen LogP contribution in [0.2, 0.25) is 0 Å². The Balaban J connectivity index is 1.89. The molecule has 0 saturated carbocycles. The Hall–Kier alpha value is -1.33. The highest BCUT2D eigenvalue weighted by molar-refractivity contribution is 9.10. The topological polar surface area (TPSA) is 35.5 Å². The first kappa shape index (κ1) is 15.1.